The molecular weight excluding hydrogens is 400 g/mol. The first-order valence-corrected chi connectivity index (χ1v) is 11.8. The minimum Gasteiger partial charge on any atom is -0.496 e. The molecule has 2 aromatic rings. The number of piperidine rings is 1. The van der Waals surface area contributed by atoms with Crippen LogP contribution in [0.15, 0.2) is 47.4 Å². The average Bonchev–Trinajstić information content (AvgIpc) is 2.74. The molecule has 162 valence electrons. The highest BCUT2D eigenvalue weighted by molar-refractivity contribution is 7.89. The van der Waals surface area contributed by atoms with Crippen LogP contribution in [0.5, 0.6) is 5.75 Å². The highest BCUT2D eigenvalue weighted by Crippen LogP contribution is 2.26. The zero-order valence-electron chi connectivity index (χ0n) is 17.8. The highest BCUT2D eigenvalue weighted by Gasteiger charge is 2.25. The number of ether oxygens (including phenoxy) is 1. The van der Waals surface area contributed by atoms with Gasteiger partial charge in [-0.25, -0.2) is 8.42 Å². The van der Waals surface area contributed by atoms with Crippen molar-refractivity contribution in [3.8, 4) is 5.75 Å². The van der Waals surface area contributed by atoms with Gasteiger partial charge in [0.1, 0.15) is 5.75 Å². The van der Waals surface area contributed by atoms with Crippen LogP contribution in [-0.4, -0.2) is 38.8 Å². The van der Waals surface area contributed by atoms with Gasteiger partial charge in [-0.2, -0.15) is 4.31 Å². The van der Waals surface area contributed by atoms with Crippen molar-refractivity contribution in [2.75, 3.05) is 20.2 Å². The number of methoxy groups -OCH3 is 1. The number of carbonyl (C=O) groups is 1. The Morgan fingerprint density at radius 1 is 1.10 bits per heavy atom. The number of nitrogens with one attached hydrogen (secondary N) is 1. The lowest BCUT2D eigenvalue weighted by atomic mass is 10.0. The molecule has 1 atom stereocenters. The van der Waals surface area contributed by atoms with E-state index < -0.39 is 10.0 Å². The summed E-state index contributed by atoms with van der Waals surface area (Å²) in [6.07, 6.45) is 3.07. The van der Waals surface area contributed by atoms with Gasteiger partial charge in [-0.3, -0.25) is 4.79 Å². The van der Waals surface area contributed by atoms with E-state index in [-0.39, 0.29) is 23.3 Å². The van der Waals surface area contributed by atoms with E-state index in [0.717, 1.165) is 41.7 Å². The fraction of sp³-hybridized carbons (Fsp3) is 0.435. The lowest BCUT2D eigenvalue weighted by Gasteiger charge is -2.25. The summed E-state index contributed by atoms with van der Waals surface area (Å²) in [5, 5.41) is 3.00. The average molecular weight is 431 g/mol. The lowest BCUT2D eigenvalue weighted by Crippen LogP contribution is -2.35. The van der Waals surface area contributed by atoms with Gasteiger partial charge in [-0.1, -0.05) is 36.2 Å². The Labute approximate surface area is 179 Å². The fourth-order valence-electron chi connectivity index (χ4n) is 3.78. The molecule has 2 aromatic carbocycles. The van der Waals surface area contributed by atoms with Crippen molar-refractivity contribution >= 4 is 15.9 Å². The van der Waals surface area contributed by atoms with Gasteiger partial charge in [0.15, 0.2) is 0 Å². The van der Waals surface area contributed by atoms with E-state index in [1.807, 2.05) is 32.0 Å². The van der Waals surface area contributed by atoms with Crippen molar-refractivity contribution in [3.63, 3.8) is 0 Å². The molecule has 6 nitrogen and oxygen atoms in total. The summed E-state index contributed by atoms with van der Waals surface area (Å²) in [5.41, 5.74) is 2.79. The molecule has 0 aliphatic carbocycles. The zero-order chi connectivity index (χ0) is 21.7. The number of nitrogens with zero attached hydrogens (tertiary/aromatic N) is 1. The topological polar surface area (TPSA) is 75.7 Å². The molecule has 30 heavy (non-hydrogen) atoms. The van der Waals surface area contributed by atoms with Gasteiger partial charge in [0.2, 0.25) is 15.9 Å². The number of sulfonamides is 1. The van der Waals surface area contributed by atoms with Crippen LogP contribution in [0.2, 0.25) is 0 Å². The molecule has 1 aliphatic heterocycles. The van der Waals surface area contributed by atoms with Crippen molar-refractivity contribution in [3.05, 3.63) is 59.2 Å². The minimum absolute atomic E-state index is 0.127. The van der Waals surface area contributed by atoms with Gasteiger partial charge in [0, 0.05) is 18.7 Å². The molecule has 0 spiro atoms. The summed E-state index contributed by atoms with van der Waals surface area (Å²) in [6, 6.07) is 12.3. The van der Waals surface area contributed by atoms with Crippen molar-refractivity contribution in [1.29, 1.82) is 0 Å². The standard InChI is InChI=1S/C23H30N2O4S/c1-17-7-12-22(29-3)21(15-17)18(2)24-23(26)16-19-8-10-20(11-9-19)30(27,28)25-13-5-4-6-14-25/h7-12,15,18H,4-6,13-14,16H2,1-3H3,(H,24,26)/t18-/m0/s1. The lowest BCUT2D eigenvalue weighted by molar-refractivity contribution is -0.121. The third-order valence-electron chi connectivity index (χ3n) is 5.47. The molecule has 0 bridgehead atoms. The van der Waals surface area contributed by atoms with Crippen molar-refractivity contribution < 1.29 is 17.9 Å². The molecule has 1 fully saturated rings. The number of amides is 1. The number of benzene rings is 2. The van der Waals surface area contributed by atoms with Gasteiger partial charge in [-0.05, 0) is 50.5 Å². The second-order valence-electron chi connectivity index (χ2n) is 7.82. The Morgan fingerprint density at radius 3 is 2.40 bits per heavy atom. The second-order valence-corrected chi connectivity index (χ2v) is 9.76. The quantitative estimate of drug-likeness (QED) is 0.728. The molecule has 3 rings (SSSR count). The first-order chi connectivity index (χ1) is 14.3. The van der Waals surface area contributed by atoms with Gasteiger partial charge < -0.3 is 10.1 Å². The van der Waals surface area contributed by atoms with Crippen LogP contribution < -0.4 is 10.1 Å². The van der Waals surface area contributed by atoms with Gasteiger partial charge in [-0.15, -0.1) is 0 Å². The zero-order valence-corrected chi connectivity index (χ0v) is 18.7. The number of rotatable bonds is 7. The third-order valence-corrected chi connectivity index (χ3v) is 7.38. The summed E-state index contributed by atoms with van der Waals surface area (Å²) in [5.74, 6) is 0.610. The predicted molar refractivity (Wildman–Crippen MR) is 117 cm³/mol. The molecule has 0 unspecified atom stereocenters. The summed E-state index contributed by atoms with van der Waals surface area (Å²) in [6.45, 7) is 5.07. The van der Waals surface area contributed by atoms with E-state index in [1.54, 1.807) is 35.7 Å². The third kappa shape index (κ3) is 5.21. The van der Waals surface area contributed by atoms with E-state index in [1.165, 1.54) is 0 Å². The second kappa shape index (κ2) is 9.62. The number of carbonyl (C=O) groups excluding carboxylic acids is 1. The molecule has 1 saturated heterocycles. The predicted octanol–water partition coefficient (Wildman–Crippen LogP) is 3.60. The van der Waals surface area contributed by atoms with Gasteiger partial charge in [0.25, 0.3) is 0 Å². The van der Waals surface area contributed by atoms with Crippen molar-refractivity contribution in [2.45, 2.75) is 50.5 Å². The van der Waals surface area contributed by atoms with Gasteiger partial charge >= 0.3 is 0 Å². The molecule has 0 radical (unpaired) electrons. The first-order valence-electron chi connectivity index (χ1n) is 10.3. The SMILES string of the molecule is COc1ccc(C)cc1[C@H](C)NC(=O)Cc1ccc(S(=O)(=O)N2CCCCC2)cc1. The molecule has 0 aromatic heterocycles. The van der Waals surface area contributed by atoms with E-state index >= 15 is 0 Å². The largest absolute Gasteiger partial charge is 0.496 e. The van der Waals surface area contributed by atoms with Crippen LogP contribution in [0.25, 0.3) is 0 Å². The normalized spacial score (nSPS) is 16.1. The molecular formula is C23H30N2O4S. The van der Waals surface area contributed by atoms with Crippen molar-refractivity contribution in [1.82, 2.24) is 9.62 Å². The molecule has 1 heterocycles. The maximum absolute atomic E-state index is 12.7. The van der Waals surface area contributed by atoms with Crippen LogP contribution in [-0.2, 0) is 21.2 Å². The minimum atomic E-state index is -3.46. The molecule has 1 N–H and O–H groups in total. The maximum atomic E-state index is 12.7. The van der Waals surface area contributed by atoms with E-state index in [2.05, 4.69) is 5.32 Å². The Hall–Kier alpha value is -2.38. The Balaban J connectivity index is 1.64. The fourth-order valence-corrected chi connectivity index (χ4v) is 5.30. The number of aryl methyl sites for hydroxylation is 1. The van der Waals surface area contributed by atoms with E-state index in [9.17, 15) is 13.2 Å². The Kier molecular flexibility index (Phi) is 7.15. The Bertz CT molecular complexity index is 981. The summed E-state index contributed by atoms with van der Waals surface area (Å²) < 4.78 is 32.4. The van der Waals surface area contributed by atoms with E-state index in [0.29, 0.717) is 13.1 Å². The summed E-state index contributed by atoms with van der Waals surface area (Å²) in [7, 11) is -1.84. The maximum Gasteiger partial charge on any atom is 0.243 e. The number of hydrogen-bond donors (Lipinski definition) is 1. The van der Waals surface area contributed by atoms with Crippen LogP contribution in [0.1, 0.15) is 48.9 Å². The number of hydrogen-bond acceptors (Lipinski definition) is 4. The van der Waals surface area contributed by atoms with Crippen LogP contribution in [0.3, 0.4) is 0 Å². The van der Waals surface area contributed by atoms with Crippen LogP contribution >= 0.6 is 0 Å². The van der Waals surface area contributed by atoms with E-state index in [4.69, 9.17) is 4.74 Å². The monoisotopic (exact) mass is 430 g/mol. The molecule has 1 amide bonds. The molecule has 1 aliphatic rings. The highest BCUT2D eigenvalue weighted by atomic mass is 32.2. The first kappa shape index (κ1) is 22.3. The molecule has 0 saturated carbocycles. The Morgan fingerprint density at radius 2 is 1.77 bits per heavy atom. The van der Waals surface area contributed by atoms with Crippen molar-refractivity contribution in [2.24, 2.45) is 0 Å². The summed E-state index contributed by atoms with van der Waals surface area (Å²) in [4.78, 5) is 12.8. The van der Waals surface area contributed by atoms with Crippen LogP contribution in [0.4, 0.5) is 0 Å². The van der Waals surface area contributed by atoms with Gasteiger partial charge in [0.05, 0.1) is 24.5 Å². The molecule has 7 heteroatoms. The van der Waals surface area contributed by atoms with Crippen LogP contribution in [0, 0.1) is 6.92 Å². The smallest absolute Gasteiger partial charge is 0.243 e. The summed E-state index contributed by atoms with van der Waals surface area (Å²) >= 11 is 0.